The zero-order chi connectivity index (χ0) is 19.5. The molecule has 2 heterocycles. The lowest BCUT2D eigenvalue weighted by molar-refractivity contribution is -0.129. The summed E-state index contributed by atoms with van der Waals surface area (Å²) < 4.78 is 4.96. The number of rotatable bonds is 6. The third kappa shape index (κ3) is 3.85. The van der Waals surface area contributed by atoms with Crippen LogP contribution in [-0.4, -0.2) is 58.1 Å². The van der Waals surface area contributed by atoms with Crippen LogP contribution in [0.25, 0.3) is 11.4 Å². The minimum atomic E-state index is -0.131. The van der Waals surface area contributed by atoms with Crippen molar-refractivity contribution >= 4 is 11.8 Å². The summed E-state index contributed by atoms with van der Waals surface area (Å²) in [5.74, 6) is 0.879. The van der Waals surface area contributed by atoms with E-state index >= 15 is 0 Å². The van der Waals surface area contributed by atoms with E-state index in [4.69, 9.17) is 4.74 Å². The molecule has 1 aromatic heterocycles. The molecule has 2 aromatic rings. The summed E-state index contributed by atoms with van der Waals surface area (Å²) in [6, 6.07) is 7.82. The van der Waals surface area contributed by atoms with Crippen LogP contribution in [0, 0.1) is 5.92 Å². The van der Waals surface area contributed by atoms with Gasteiger partial charge in [-0.2, -0.15) is 4.98 Å². The quantitative estimate of drug-likeness (QED) is 0.795. The van der Waals surface area contributed by atoms with E-state index < -0.39 is 0 Å². The van der Waals surface area contributed by atoms with E-state index in [1.165, 1.54) is 20.0 Å². The Bertz CT molecular complexity index is 842. The van der Waals surface area contributed by atoms with E-state index in [9.17, 15) is 9.59 Å². The minimum absolute atomic E-state index is 0.131. The van der Waals surface area contributed by atoms with Gasteiger partial charge in [-0.3, -0.25) is 14.7 Å². The highest BCUT2D eigenvalue weighted by atomic mass is 16.5. The second-order valence-corrected chi connectivity index (χ2v) is 7.51. The van der Waals surface area contributed by atoms with Gasteiger partial charge in [0.2, 0.25) is 5.91 Å². The molecule has 8 heteroatoms. The Hall–Kier alpha value is -2.90. The number of nitrogens with zero attached hydrogens (tertiary/aromatic N) is 3. The Morgan fingerprint density at radius 3 is 2.71 bits per heavy atom. The first kappa shape index (κ1) is 18.5. The number of ether oxygens (including phenoxy) is 1. The number of aromatic nitrogens is 3. The van der Waals surface area contributed by atoms with E-state index in [1.54, 1.807) is 12.1 Å². The number of aromatic amines is 1. The zero-order valence-corrected chi connectivity index (χ0v) is 16.0. The maximum atomic E-state index is 12.5. The van der Waals surface area contributed by atoms with Gasteiger partial charge in [0.15, 0.2) is 5.82 Å². The van der Waals surface area contributed by atoms with E-state index in [0.29, 0.717) is 30.4 Å². The maximum absolute atomic E-state index is 12.5. The molecule has 8 nitrogen and oxygen atoms in total. The van der Waals surface area contributed by atoms with Gasteiger partial charge in [-0.05, 0) is 25.0 Å². The summed E-state index contributed by atoms with van der Waals surface area (Å²) in [6.45, 7) is 1.28. The van der Waals surface area contributed by atoms with Crippen LogP contribution < -0.4 is 10.1 Å². The predicted octanol–water partition coefficient (Wildman–Crippen LogP) is 2.00. The molecule has 2 N–H and O–H groups in total. The van der Waals surface area contributed by atoms with E-state index in [2.05, 4.69) is 20.5 Å². The van der Waals surface area contributed by atoms with Crippen molar-refractivity contribution in [3.05, 3.63) is 29.8 Å². The fourth-order valence-electron chi connectivity index (χ4n) is 4.10. The molecule has 0 bridgehead atoms. The van der Waals surface area contributed by atoms with Crippen LogP contribution in [0.3, 0.4) is 0 Å². The molecule has 0 spiro atoms. The average Bonchev–Trinajstić information content (AvgIpc) is 3.46. The van der Waals surface area contributed by atoms with Crippen LogP contribution in [-0.2, 0) is 4.79 Å². The number of hydrogen-bond donors (Lipinski definition) is 2. The summed E-state index contributed by atoms with van der Waals surface area (Å²) in [5.41, 5.74) is 1.40. The van der Waals surface area contributed by atoms with Gasteiger partial charge in [-0.1, -0.05) is 25.0 Å². The zero-order valence-electron chi connectivity index (χ0n) is 16.0. The SMILES string of the molecule is COc1n[nH]c(-c2ccc(C(=O)NCC3CC(=O)N(C4CCCC4)C3)cc2)n1. The van der Waals surface area contributed by atoms with Crippen molar-refractivity contribution in [3.63, 3.8) is 0 Å². The molecule has 2 aliphatic rings. The number of hydrogen-bond acceptors (Lipinski definition) is 5. The number of nitrogens with one attached hydrogen (secondary N) is 2. The van der Waals surface area contributed by atoms with Gasteiger partial charge in [-0.25, -0.2) is 0 Å². The monoisotopic (exact) mass is 383 g/mol. The summed E-state index contributed by atoms with van der Waals surface area (Å²) in [4.78, 5) is 30.9. The first-order valence-electron chi connectivity index (χ1n) is 9.78. The van der Waals surface area contributed by atoms with Crippen molar-refractivity contribution < 1.29 is 14.3 Å². The normalized spacial score (nSPS) is 20.0. The lowest BCUT2D eigenvalue weighted by Gasteiger charge is -2.24. The largest absolute Gasteiger partial charge is 0.466 e. The van der Waals surface area contributed by atoms with Gasteiger partial charge in [0.1, 0.15) is 0 Å². The molecule has 1 saturated carbocycles. The van der Waals surface area contributed by atoms with Crippen LogP contribution in [0.15, 0.2) is 24.3 Å². The van der Waals surface area contributed by atoms with Gasteiger partial charge in [0.05, 0.1) is 7.11 Å². The number of likely N-dealkylation sites (tertiary alicyclic amines) is 1. The van der Waals surface area contributed by atoms with Crippen LogP contribution >= 0.6 is 0 Å². The summed E-state index contributed by atoms with van der Waals surface area (Å²) in [5, 5.41) is 9.68. The number of H-pyrrole nitrogens is 1. The summed E-state index contributed by atoms with van der Waals surface area (Å²) in [6.07, 6.45) is 5.20. The fraction of sp³-hybridized carbons (Fsp3) is 0.500. The highest BCUT2D eigenvalue weighted by molar-refractivity contribution is 5.94. The second-order valence-electron chi connectivity index (χ2n) is 7.51. The third-order valence-corrected chi connectivity index (χ3v) is 5.62. The first-order chi connectivity index (χ1) is 13.6. The van der Waals surface area contributed by atoms with E-state index in [1.807, 2.05) is 17.0 Å². The Morgan fingerprint density at radius 2 is 2.04 bits per heavy atom. The standard InChI is InChI=1S/C20H25N5O3/c1-28-20-22-18(23-24-20)14-6-8-15(9-7-14)19(27)21-11-13-10-17(26)25(12-13)16-4-2-3-5-16/h6-9,13,16H,2-5,10-12H2,1H3,(H,21,27)(H,22,23,24). The van der Waals surface area contributed by atoms with Crippen LogP contribution in [0.4, 0.5) is 0 Å². The molecule has 28 heavy (non-hydrogen) atoms. The highest BCUT2D eigenvalue weighted by Crippen LogP contribution is 2.29. The molecular weight excluding hydrogens is 358 g/mol. The molecule has 1 aromatic carbocycles. The fourth-order valence-corrected chi connectivity index (χ4v) is 4.10. The summed E-state index contributed by atoms with van der Waals surface area (Å²) in [7, 11) is 1.51. The average molecular weight is 383 g/mol. The summed E-state index contributed by atoms with van der Waals surface area (Å²) >= 11 is 0. The van der Waals surface area contributed by atoms with Gasteiger partial charge >= 0.3 is 6.01 Å². The highest BCUT2D eigenvalue weighted by Gasteiger charge is 2.35. The van der Waals surface area contributed by atoms with Gasteiger partial charge in [0.25, 0.3) is 5.91 Å². The number of benzene rings is 1. The molecule has 1 unspecified atom stereocenters. The Morgan fingerprint density at radius 1 is 1.29 bits per heavy atom. The Labute approximate surface area is 163 Å². The van der Waals surface area contributed by atoms with Crippen molar-refractivity contribution in [2.45, 2.75) is 38.1 Å². The Balaban J connectivity index is 1.31. The van der Waals surface area contributed by atoms with Gasteiger partial charge in [0, 0.05) is 42.6 Å². The number of carbonyl (C=O) groups excluding carboxylic acids is 2. The van der Waals surface area contributed by atoms with Crippen molar-refractivity contribution in [3.8, 4) is 17.4 Å². The molecule has 4 rings (SSSR count). The topological polar surface area (TPSA) is 100 Å². The maximum Gasteiger partial charge on any atom is 0.335 e. The van der Waals surface area contributed by atoms with Crippen molar-refractivity contribution in [1.29, 1.82) is 0 Å². The molecular formula is C20H25N5O3. The molecule has 1 saturated heterocycles. The first-order valence-corrected chi connectivity index (χ1v) is 9.78. The number of carbonyl (C=O) groups is 2. The van der Waals surface area contributed by atoms with Gasteiger partial charge in [-0.15, -0.1) is 5.10 Å². The minimum Gasteiger partial charge on any atom is -0.466 e. The van der Waals surface area contributed by atoms with Gasteiger partial charge < -0.3 is 15.0 Å². The lowest BCUT2D eigenvalue weighted by Crippen LogP contribution is -2.36. The van der Waals surface area contributed by atoms with Crippen LogP contribution in [0.2, 0.25) is 0 Å². The molecule has 1 aliphatic carbocycles. The van der Waals surface area contributed by atoms with Crippen molar-refractivity contribution in [2.24, 2.45) is 5.92 Å². The second kappa shape index (κ2) is 8.00. The lowest BCUT2D eigenvalue weighted by atomic mass is 10.1. The van der Waals surface area contributed by atoms with Crippen molar-refractivity contribution in [2.75, 3.05) is 20.2 Å². The predicted molar refractivity (Wildman–Crippen MR) is 103 cm³/mol. The number of methoxy groups -OCH3 is 1. The number of amides is 2. The molecule has 148 valence electrons. The van der Waals surface area contributed by atoms with Crippen LogP contribution in [0.1, 0.15) is 42.5 Å². The Kier molecular flexibility index (Phi) is 5.27. The van der Waals surface area contributed by atoms with E-state index in [-0.39, 0.29) is 23.7 Å². The third-order valence-electron chi connectivity index (χ3n) is 5.62. The van der Waals surface area contributed by atoms with E-state index in [0.717, 1.165) is 24.9 Å². The smallest absolute Gasteiger partial charge is 0.335 e. The van der Waals surface area contributed by atoms with Crippen LogP contribution in [0.5, 0.6) is 6.01 Å². The van der Waals surface area contributed by atoms with Crippen molar-refractivity contribution in [1.82, 2.24) is 25.4 Å². The molecule has 0 radical (unpaired) electrons. The molecule has 2 fully saturated rings. The molecule has 1 atom stereocenters. The molecule has 2 amide bonds. The molecule has 1 aliphatic heterocycles.